The zero-order valence-electron chi connectivity index (χ0n) is 10.6. The van der Waals surface area contributed by atoms with Crippen LogP contribution in [0.15, 0.2) is 18.2 Å². The second-order valence-corrected chi connectivity index (χ2v) is 5.19. The number of fused-ring (bicyclic) bond motifs is 1. The Bertz CT molecular complexity index is 438. The molecule has 1 aromatic rings. The molecule has 0 aliphatic carbocycles. The van der Waals surface area contributed by atoms with Crippen LogP contribution in [0.4, 0.5) is 5.69 Å². The second kappa shape index (κ2) is 5.11. The van der Waals surface area contributed by atoms with Crippen LogP contribution >= 0.6 is 0 Å². The topological polar surface area (TPSA) is 29.5 Å². The summed E-state index contributed by atoms with van der Waals surface area (Å²) >= 11 is 0. The number of aryl methyl sites for hydroxylation is 1. The van der Waals surface area contributed by atoms with Crippen molar-refractivity contribution in [3.8, 4) is 0 Å². The van der Waals surface area contributed by atoms with E-state index in [0.717, 1.165) is 38.0 Å². The SMILES string of the molecule is O=Cc1ccc2c(c1)CCCN2CC1CCCO1. The molecular formula is C15H19NO2. The fourth-order valence-corrected chi connectivity index (χ4v) is 2.99. The smallest absolute Gasteiger partial charge is 0.150 e. The average Bonchev–Trinajstić information content (AvgIpc) is 2.91. The Labute approximate surface area is 108 Å². The van der Waals surface area contributed by atoms with Gasteiger partial charge in [0.2, 0.25) is 0 Å². The number of hydrogen-bond acceptors (Lipinski definition) is 3. The molecule has 0 N–H and O–H groups in total. The lowest BCUT2D eigenvalue weighted by Crippen LogP contribution is -2.36. The number of rotatable bonds is 3. The third-order valence-corrected chi connectivity index (χ3v) is 3.90. The Kier molecular flexibility index (Phi) is 3.33. The quantitative estimate of drug-likeness (QED) is 0.766. The maximum atomic E-state index is 10.8. The molecule has 0 radical (unpaired) electrons. The molecule has 1 fully saturated rings. The van der Waals surface area contributed by atoms with Crippen molar-refractivity contribution in [1.82, 2.24) is 0 Å². The third-order valence-electron chi connectivity index (χ3n) is 3.90. The van der Waals surface area contributed by atoms with Gasteiger partial charge >= 0.3 is 0 Å². The summed E-state index contributed by atoms with van der Waals surface area (Å²) in [5.41, 5.74) is 3.39. The highest BCUT2D eigenvalue weighted by Crippen LogP contribution is 2.29. The number of carbonyl (C=O) groups is 1. The average molecular weight is 245 g/mol. The van der Waals surface area contributed by atoms with Crippen molar-refractivity contribution in [1.29, 1.82) is 0 Å². The number of hydrogen-bond donors (Lipinski definition) is 0. The molecule has 1 saturated heterocycles. The fraction of sp³-hybridized carbons (Fsp3) is 0.533. The van der Waals surface area contributed by atoms with E-state index in [0.29, 0.717) is 6.10 Å². The summed E-state index contributed by atoms with van der Waals surface area (Å²) in [6.07, 6.45) is 5.94. The van der Waals surface area contributed by atoms with E-state index < -0.39 is 0 Å². The van der Waals surface area contributed by atoms with E-state index in [2.05, 4.69) is 11.0 Å². The standard InChI is InChI=1S/C15H19NO2/c17-11-12-5-6-15-13(9-12)3-1-7-16(15)10-14-4-2-8-18-14/h5-6,9,11,14H,1-4,7-8,10H2. The molecule has 2 heterocycles. The third kappa shape index (κ3) is 2.27. The summed E-state index contributed by atoms with van der Waals surface area (Å²) in [4.78, 5) is 13.2. The van der Waals surface area contributed by atoms with Crippen molar-refractivity contribution in [2.75, 3.05) is 24.6 Å². The summed E-state index contributed by atoms with van der Waals surface area (Å²) in [5.74, 6) is 0. The molecule has 0 amide bonds. The van der Waals surface area contributed by atoms with Crippen LogP contribution < -0.4 is 4.90 Å². The van der Waals surface area contributed by atoms with Crippen LogP contribution in [0.3, 0.4) is 0 Å². The zero-order valence-corrected chi connectivity index (χ0v) is 10.6. The minimum atomic E-state index is 0.390. The van der Waals surface area contributed by atoms with Gasteiger partial charge in [-0.3, -0.25) is 4.79 Å². The predicted octanol–water partition coefficient (Wildman–Crippen LogP) is 2.43. The van der Waals surface area contributed by atoms with E-state index >= 15 is 0 Å². The van der Waals surface area contributed by atoms with Gasteiger partial charge in [0.25, 0.3) is 0 Å². The molecule has 3 rings (SSSR count). The van der Waals surface area contributed by atoms with Crippen molar-refractivity contribution >= 4 is 12.0 Å². The first kappa shape index (κ1) is 11.7. The first-order valence-electron chi connectivity index (χ1n) is 6.81. The van der Waals surface area contributed by atoms with Crippen LogP contribution in [-0.4, -0.2) is 32.1 Å². The molecule has 0 saturated carbocycles. The van der Waals surface area contributed by atoms with Crippen molar-refractivity contribution in [2.45, 2.75) is 31.8 Å². The molecule has 1 atom stereocenters. The Morgan fingerprint density at radius 1 is 1.39 bits per heavy atom. The maximum Gasteiger partial charge on any atom is 0.150 e. The Balaban J connectivity index is 1.80. The minimum Gasteiger partial charge on any atom is -0.376 e. The van der Waals surface area contributed by atoms with Gasteiger partial charge in [0, 0.05) is 30.9 Å². The van der Waals surface area contributed by atoms with Crippen LogP contribution in [0.1, 0.15) is 35.2 Å². The van der Waals surface area contributed by atoms with Gasteiger partial charge in [0.05, 0.1) is 6.10 Å². The number of ether oxygens (including phenoxy) is 1. The highest BCUT2D eigenvalue weighted by atomic mass is 16.5. The molecule has 0 bridgehead atoms. The Morgan fingerprint density at radius 3 is 3.11 bits per heavy atom. The van der Waals surface area contributed by atoms with Crippen molar-refractivity contribution in [3.63, 3.8) is 0 Å². The van der Waals surface area contributed by atoms with Crippen molar-refractivity contribution in [3.05, 3.63) is 29.3 Å². The molecule has 1 aromatic carbocycles. The molecule has 2 aliphatic rings. The Hall–Kier alpha value is -1.35. The van der Waals surface area contributed by atoms with E-state index in [-0.39, 0.29) is 0 Å². The number of benzene rings is 1. The highest BCUT2D eigenvalue weighted by molar-refractivity contribution is 5.77. The summed E-state index contributed by atoms with van der Waals surface area (Å²) in [5, 5.41) is 0. The minimum absolute atomic E-state index is 0.390. The van der Waals surface area contributed by atoms with Crippen LogP contribution in [-0.2, 0) is 11.2 Å². The van der Waals surface area contributed by atoms with Gasteiger partial charge in [-0.15, -0.1) is 0 Å². The predicted molar refractivity (Wildman–Crippen MR) is 71.3 cm³/mol. The fourth-order valence-electron chi connectivity index (χ4n) is 2.99. The molecule has 2 aliphatic heterocycles. The number of carbonyl (C=O) groups excluding carboxylic acids is 1. The number of anilines is 1. The molecule has 18 heavy (non-hydrogen) atoms. The second-order valence-electron chi connectivity index (χ2n) is 5.19. The maximum absolute atomic E-state index is 10.8. The summed E-state index contributed by atoms with van der Waals surface area (Å²) in [7, 11) is 0. The summed E-state index contributed by atoms with van der Waals surface area (Å²) in [6.45, 7) is 3.01. The van der Waals surface area contributed by atoms with E-state index in [1.165, 1.54) is 30.5 Å². The molecule has 1 unspecified atom stereocenters. The number of aldehydes is 1. The first-order valence-corrected chi connectivity index (χ1v) is 6.81. The largest absolute Gasteiger partial charge is 0.376 e. The number of nitrogens with zero attached hydrogens (tertiary/aromatic N) is 1. The van der Waals surface area contributed by atoms with Crippen molar-refractivity contribution in [2.24, 2.45) is 0 Å². The van der Waals surface area contributed by atoms with Gasteiger partial charge in [-0.1, -0.05) is 0 Å². The van der Waals surface area contributed by atoms with E-state index in [1.807, 2.05) is 12.1 Å². The lowest BCUT2D eigenvalue weighted by Gasteiger charge is -2.33. The van der Waals surface area contributed by atoms with Gasteiger partial charge in [-0.25, -0.2) is 0 Å². The molecule has 96 valence electrons. The molecule has 0 spiro atoms. The zero-order chi connectivity index (χ0) is 12.4. The monoisotopic (exact) mass is 245 g/mol. The van der Waals surface area contributed by atoms with Crippen LogP contribution in [0.25, 0.3) is 0 Å². The molecule has 3 nitrogen and oxygen atoms in total. The summed E-state index contributed by atoms with van der Waals surface area (Å²) in [6, 6.07) is 6.04. The molecule has 3 heteroatoms. The lowest BCUT2D eigenvalue weighted by molar-refractivity contribution is 0.112. The lowest BCUT2D eigenvalue weighted by atomic mass is 9.99. The van der Waals surface area contributed by atoms with Gasteiger partial charge in [0.1, 0.15) is 6.29 Å². The van der Waals surface area contributed by atoms with E-state index in [9.17, 15) is 4.79 Å². The first-order chi connectivity index (χ1) is 8.86. The van der Waals surface area contributed by atoms with Crippen LogP contribution in [0.2, 0.25) is 0 Å². The molecular weight excluding hydrogens is 226 g/mol. The van der Waals surface area contributed by atoms with Gasteiger partial charge in [0.15, 0.2) is 0 Å². The van der Waals surface area contributed by atoms with Gasteiger partial charge in [-0.2, -0.15) is 0 Å². The molecule has 0 aromatic heterocycles. The van der Waals surface area contributed by atoms with E-state index in [4.69, 9.17) is 4.74 Å². The van der Waals surface area contributed by atoms with Crippen molar-refractivity contribution < 1.29 is 9.53 Å². The van der Waals surface area contributed by atoms with Crippen LogP contribution in [0, 0.1) is 0 Å². The van der Waals surface area contributed by atoms with E-state index in [1.54, 1.807) is 0 Å². The summed E-state index contributed by atoms with van der Waals surface area (Å²) < 4.78 is 5.72. The van der Waals surface area contributed by atoms with Gasteiger partial charge in [-0.05, 0) is 49.4 Å². The normalized spacial score (nSPS) is 22.9. The Morgan fingerprint density at radius 2 is 2.33 bits per heavy atom. The van der Waals surface area contributed by atoms with Gasteiger partial charge < -0.3 is 9.64 Å². The van der Waals surface area contributed by atoms with Crippen LogP contribution in [0.5, 0.6) is 0 Å². The highest BCUT2D eigenvalue weighted by Gasteiger charge is 2.23.